The summed E-state index contributed by atoms with van der Waals surface area (Å²) >= 11 is 0. The fourth-order valence-corrected chi connectivity index (χ4v) is 3.72. The summed E-state index contributed by atoms with van der Waals surface area (Å²) in [5.74, 6) is 1.52. The van der Waals surface area contributed by atoms with Crippen LogP contribution in [0.1, 0.15) is 59.8 Å². The molecule has 1 aliphatic rings. The number of likely N-dealkylation sites (N-methyl/N-ethyl adjacent to an activating group) is 1. The van der Waals surface area contributed by atoms with Gasteiger partial charge in [0.1, 0.15) is 0 Å². The normalized spacial score (nSPS) is 36.2. The third kappa shape index (κ3) is 2.85. The lowest BCUT2D eigenvalue weighted by Crippen LogP contribution is -2.61. The smallest absolute Gasteiger partial charge is 0.0359 e. The summed E-state index contributed by atoms with van der Waals surface area (Å²) < 4.78 is 0. The van der Waals surface area contributed by atoms with E-state index in [1.807, 2.05) is 0 Å². The van der Waals surface area contributed by atoms with Gasteiger partial charge in [-0.2, -0.15) is 0 Å². The van der Waals surface area contributed by atoms with Crippen molar-refractivity contribution in [3.05, 3.63) is 0 Å². The summed E-state index contributed by atoms with van der Waals surface area (Å²) in [4.78, 5) is 2.59. The van der Waals surface area contributed by atoms with E-state index in [2.05, 4.69) is 39.6 Å². The Labute approximate surface area is 108 Å². The zero-order valence-electron chi connectivity index (χ0n) is 12.5. The first-order valence-electron chi connectivity index (χ1n) is 7.42. The standard InChI is InChI=1S/C15H32N2/c1-6-8-13(3)17(5)15(11-16)10-7-9-12(2)14(15)4/h12-14H,6-11,16H2,1-5H3. The molecule has 4 atom stereocenters. The van der Waals surface area contributed by atoms with Gasteiger partial charge in [0, 0.05) is 18.1 Å². The molecule has 1 fully saturated rings. The highest BCUT2D eigenvalue weighted by Crippen LogP contribution is 2.41. The van der Waals surface area contributed by atoms with Gasteiger partial charge in [0.05, 0.1) is 0 Å². The maximum Gasteiger partial charge on any atom is 0.0359 e. The molecular weight excluding hydrogens is 208 g/mol. The molecule has 0 aliphatic heterocycles. The quantitative estimate of drug-likeness (QED) is 0.799. The lowest BCUT2D eigenvalue weighted by molar-refractivity contribution is -0.0177. The van der Waals surface area contributed by atoms with Crippen LogP contribution in [0.3, 0.4) is 0 Å². The minimum atomic E-state index is 0.242. The van der Waals surface area contributed by atoms with Gasteiger partial charge in [0.15, 0.2) is 0 Å². The fourth-order valence-electron chi connectivity index (χ4n) is 3.72. The molecule has 1 saturated carbocycles. The summed E-state index contributed by atoms with van der Waals surface area (Å²) in [5.41, 5.74) is 6.43. The average Bonchev–Trinajstić information content (AvgIpc) is 2.32. The van der Waals surface area contributed by atoms with Crippen LogP contribution in [-0.4, -0.2) is 30.1 Å². The van der Waals surface area contributed by atoms with Gasteiger partial charge in [0.25, 0.3) is 0 Å². The van der Waals surface area contributed by atoms with E-state index < -0.39 is 0 Å². The summed E-state index contributed by atoms with van der Waals surface area (Å²) in [6.45, 7) is 10.2. The highest BCUT2D eigenvalue weighted by atomic mass is 15.2. The van der Waals surface area contributed by atoms with Crippen molar-refractivity contribution >= 4 is 0 Å². The van der Waals surface area contributed by atoms with Gasteiger partial charge in [-0.25, -0.2) is 0 Å². The van der Waals surface area contributed by atoms with Crippen LogP contribution < -0.4 is 5.73 Å². The second-order valence-corrected chi connectivity index (χ2v) is 6.21. The van der Waals surface area contributed by atoms with E-state index in [9.17, 15) is 0 Å². The SMILES string of the molecule is CCCC(C)N(C)C1(CN)CCCC(C)C1C. The zero-order valence-corrected chi connectivity index (χ0v) is 12.5. The average molecular weight is 240 g/mol. The van der Waals surface area contributed by atoms with Gasteiger partial charge in [-0.1, -0.05) is 40.0 Å². The second kappa shape index (κ2) is 6.19. The Morgan fingerprint density at radius 3 is 2.59 bits per heavy atom. The maximum absolute atomic E-state index is 6.18. The first-order chi connectivity index (χ1) is 7.99. The fraction of sp³-hybridized carbons (Fsp3) is 1.00. The van der Waals surface area contributed by atoms with E-state index in [1.165, 1.54) is 32.1 Å². The Balaban J connectivity index is 2.85. The van der Waals surface area contributed by atoms with Crippen LogP contribution >= 0.6 is 0 Å². The zero-order chi connectivity index (χ0) is 13.1. The molecule has 0 amide bonds. The van der Waals surface area contributed by atoms with Crippen molar-refractivity contribution < 1.29 is 0 Å². The molecule has 102 valence electrons. The van der Waals surface area contributed by atoms with Gasteiger partial charge >= 0.3 is 0 Å². The van der Waals surface area contributed by atoms with Crippen LogP contribution in [0.4, 0.5) is 0 Å². The summed E-state index contributed by atoms with van der Waals surface area (Å²) in [6, 6.07) is 0.649. The molecule has 0 aromatic carbocycles. The first kappa shape index (κ1) is 15.0. The first-order valence-corrected chi connectivity index (χ1v) is 7.42. The van der Waals surface area contributed by atoms with Crippen molar-refractivity contribution in [1.82, 2.24) is 4.90 Å². The van der Waals surface area contributed by atoms with E-state index in [0.717, 1.165) is 12.5 Å². The van der Waals surface area contributed by atoms with Crippen LogP contribution in [0.2, 0.25) is 0 Å². The number of nitrogens with zero attached hydrogens (tertiary/aromatic N) is 1. The lowest BCUT2D eigenvalue weighted by Gasteiger charge is -2.53. The lowest BCUT2D eigenvalue weighted by atomic mass is 9.67. The number of nitrogens with two attached hydrogens (primary N) is 1. The minimum Gasteiger partial charge on any atom is -0.329 e. The summed E-state index contributed by atoms with van der Waals surface area (Å²) in [6.07, 6.45) is 6.53. The van der Waals surface area contributed by atoms with Crippen molar-refractivity contribution in [2.75, 3.05) is 13.6 Å². The molecule has 1 aliphatic carbocycles. The van der Waals surface area contributed by atoms with Crippen molar-refractivity contribution in [3.8, 4) is 0 Å². The molecule has 2 N–H and O–H groups in total. The highest BCUT2D eigenvalue weighted by molar-refractivity contribution is 5.00. The van der Waals surface area contributed by atoms with Gasteiger partial charge in [-0.15, -0.1) is 0 Å². The Morgan fingerprint density at radius 1 is 1.41 bits per heavy atom. The molecule has 0 radical (unpaired) electrons. The molecule has 0 aromatic rings. The molecule has 0 saturated heterocycles. The molecule has 0 heterocycles. The van der Waals surface area contributed by atoms with Crippen molar-refractivity contribution in [3.63, 3.8) is 0 Å². The Kier molecular flexibility index (Phi) is 5.46. The van der Waals surface area contributed by atoms with Gasteiger partial charge < -0.3 is 5.73 Å². The Morgan fingerprint density at radius 2 is 2.06 bits per heavy atom. The van der Waals surface area contributed by atoms with Crippen LogP contribution in [0.25, 0.3) is 0 Å². The van der Waals surface area contributed by atoms with Gasteiger partial charge in [0.2, 0.25) is 0 Å². The maximum atomic E-state index is 6.18. The molecule has 0 spiro atoms. The number of hydrogen-bond donors (Lipinski definition) is 1. The number of hydrogen-bond acceptors (Lipinski definition) is 2. The van der Waals surface area contributed by atoms with Crippen LogP contribution in [0, 0.1) is 11.8 Å². The Hall–Kier alpha value is -0.0800. The van der Waals surface area contributed by atoms with Crippen LogP contribution in [0.15, 0.2) is 0 Å². The second-order valence-electron chi connectivity index (χ2n) is 6.21. The third-order valence-electron chi connectivity index (χ3n) is 5.39. The monoisotopic (exact) mass is 240 g/mol. The van der Waals surface area contributed by atoms with E-state index in [4.69, 9.17) is 5.73 Å². The third-order valence-corrected chi connectivity index (χ3v) is 5.39. The van der Waals surface area contributed by atoms with E-state index in [0.29, 0.717) is 12.0 Å². The molecule has 4 unspecified atom stereocenters. The van der Waals surface area contributed by atoms with E-state index >= 15 is 0 Å². The minimum absolute atomic E-state index is 0.242. The van der Waals surface area contributed by atoms with Gasteiger partial charge in [-0.3, -0.25) is 4.90 Å². The van der Waals surface area contributed by atoms with Crippen molar-refractivity contribution in [1.29, 1.82) is 0 Å². The van der Waals surface area contributed by atoms with E-state index in [-0.39, 0.29) is 5.54 Å². The molecule has 2 nitrogen and oxygen atoms in total. The van der Waals surface area contributed by atoms with Crippen LogP contribution in [-0.2, 0) is 0 Å². The molecular formula is C15H32N2. The van der Waals surface area contributed by atoms with Crippen molar-refractivity contribution in [2.45, 2.75) is 71.4 Å². The number of rotatable bonds is 5. The predicted molar refractivity (Wildman–Crippen MR) is 76.1 cm³/mol. The highest BCUT2D eigenvalue weighted by Gasteiger charge is 2.44. The molecule has 17 heavy (non-hydrogen) atoms. The molecule has 0 bridgehead atoms. The summed E-state index contributed by atoms with van der Waals surface area (Å²) in [7, 11) is 2.29. The molecule has 2 heteroatoms. The predicted octanol–water partition coefficient (Wildman–Crippen LogP) is 3.26. The largest absolute Gasteiger partial charge is 0.329 e. The summed E-state index contributed by atoms with van der Waals surface area (Å²) in [5, 5.41) is 0. The molecule has 0 aromatic heterocycles. The van der Waals surface area contributed by atoms with Crippen molar-refractivity contribution in [2.24, 2.45) is 17.6 Å². The van der Waals surface area contributed by atoms with E-state index in [1.54, 1.807) is 0 Å². The van der Waals surface area contributed by atoms with Gasteiger partial charge in [-0.05, 0) is 38.6 Å². The van der Waals surface area contributed by atoms with Crippen LogP contribution in [0.5, 0.6) is 0 Å². The molecule has 1 rings (SSSR count). The Bertz CT molecular complexity index is 229. The topological polar surface area (TPSA) is 29.3 Å².